The molecule has 0 aliphatic carbocycles. The van der Waals surface area contributed by atoms with Crippen molar-refractivity contribution in [2.24, 2.45) is 0 Å². The number of methoxy groups -OCH3 is 1. The molecule has 0 unspecified atom stereocenters. The molecule has 28 heavy (non-hydrogen) atoms. The molecular weight excluding hydrogens is 420 g/mol. The van der Waals surface area contributed by atoms with Crippen LogP contribution in [0.4, 0.5) is 5.69 Å². The number of benzene rings is 2. The summed E-state index contributed by atoms with van der Waals surface area (Å²) in [4.78, 5) is 26.6. The fourth-order valence-corrected chi connectivity index (χ4v) is 3.02. The van der Waals surface area contributed by atoms with Crippen LogP contribution < -0.4 is 5.32 Å². The zero-order chi connectivity index (χ0) is 20.5. The normalized spacial score (nSPS) is 10.9. The van der Waals surface area contributed by atoms with Crippen molar-refractivity contribution in [1.82, 2.24) is 4.90 Å². The Labute approximate surface area is 174 Å². The van der Waals surface area contributed by atoms with E-state index in [-0.39, 0.29) is 18.4 Å². The third kappa shape index (κ3) is 6.62. The molecule has 6 heteroatoms. The van der Waals surface area contributed by atoms with Crippen molar-refractivity contribution in [1.29, 1.82) is 0 Å². The minimum Gasteiger partial charge on any atom is -0.383 e. The fraction of sp³-hybridized carbons (Fsp3) is 0.273. The zero-order valence-electron chi connectivity index (χ0n) is 16.4. The Hall–Kier alpha value is -2.44. The van der Waals surface area contributed by atoms with Crippen LogP contribution in [0.15, 0.2) is 53.0 Å². The predicted molar refractivity (Wildman–Crippen MR) is 116 cm³/mol. The van der Waals surface area contributed by atoms with Crippen LogP contribution in [0.5, 0.6) is 0 Å². The highest BCUT2D eigenvalue weighted by molar-refractivity contribution is 9.10. The molecule has 0 saturated heterocycles. The molecule has 0 radical (unpaired) electrons. The summed E-state index contributed by atoms with van der Waals surface area (Å²) in [6.45, 7) is 4.59. The summed E-state index contributed by atoms with van der Waals surface area (Å²) in [5.41, 5.74) is 3.77. The van der Waals surface area contributed by atoms with Gasteiger partial charge in [0.15, 0.2) is 0 Å². The first-order chi connectivity index (χ1) is 13.4. The van der Waals surface area contributed by atoms with E-state index in [4.69, 9.17) is 4.74 Å². The van der Waals surface area contributed by atoms with Crippen LogP contribution in [0.2, 0.25) is 0 Å². The van der Waals surface area contributed by atoms with Crippen LogP contribution in [0.3, 0.4) is 0 Å². The van der Waals surface area contributed by atoms with E-state index in [2.05, 4.69) is 21.2 Å². The third-order valence-electron chi connectivity index (χ3n) is 4.36. The molecule has 0 heterocycles. The van der Waals surface area contributed by atoms with E-state index in [1.54, 1.807) is 13.2 Å². The number of nitrogens with zero attached hydrogens (tertiary/aromatic N) is 1. The molecule has 0 aromatic heterocycles. The van der Waals surface area contributed by atoms with E-state index in [0.717, 1.165) is 26.9 Å². The quantitative estimate of drug-likeness (QED) is 0.620. The standard InChI is InChI=1S/C22H25BrN2O3/c1-16-6-4-9-20(17(16)2)24-21(26)15-25(12-13-28-3)22(27)11-10-18-7-5-8-19(23)14-18/h4-11,14H,12-13,15H2,1-3H3,(H,24,26). The van der Waals surface area contributed by atoms with Crippen molar-refractivity contribution < 1.29 is 14.3 Å². The van der Waals surface area contributed by atoms with Gasteiger partial charge in [-0.3, -0.25) is 9.59 Å². The maximum absolute atomic E-state index is 12.6. The molecule has 0 fully saturated rings. The lowest BCUT2D eigenvalue weighted by atomic mass is 10.1. The maximum atomic E-state index is 12.6. The minimum atomic E-state index is -0.242. The Kier molecular flexibility index (Phi) is 8.42. The van der Waals surface area contributed by atoms with Gasteiger partial charge in [-0.25, -0.2) is 0 Å². The number of carbonyl (C=O) groups excluding carboxylic acids is 2. The van der Waals surface area contributed by atoms with Crippen LogP contribution in [0, 0.1) is 13.8 Å². The van der Waals surface area contributed by atoms with Gasteiger partial charge in [0.25, 0.3) is 0 Å². The average Bonchev–Trinajstić information content (AvgIpc) is 2.67. The minimum absolute atomic E-state index is 0.0433. The third-order valence-corrected chi connectivity index (χ3v) is 4.85. The van der Waals surface area contributed by atoms with Crippen LogP contribution in [-0.2, 0) is 14.3 Å². The second-order valence-corrected chi connectivity index (χ2v) is 7.35. The number of aryl methyl sites for hydroxylation is 1. The van der Waals surface area contributed by atoms with E-state index in [1.807, 2.05) is 56.3 Å². The fourth-order valence-electron chi connectivity index (χ4n) is 2.60. The maximum Gasteiger partial charge on any atom is 0.247 e. The van der Waals surface area contributed by atoms with Crippen LogP contribution in [-0.4, -0.2) is 43.5 Å². The van der Waals surface area contributed by atoms with Gasteiger partial charge < -0.3 is 15.0 Å². The van der Waals surface area contributed by atoms with E-state index in [9.17, 15) is 9.59 Å². The van der Waals surface area contributed by atoms with Gasteiger partial charge in [-0.2, -0.15) is 0 Å². The second kappa shape index (κ2) is 10.8. The highest BCUT2D eigenvalue weighted by Crippen LogP contribution is 2.18. The van der Waals surface area contributed by atoms with E-state index < -0.39 is 0 Å². The van der Waals surface area contributed by atoms with Crippen molar-refractivity contribution in [3.63, 3.8) is 0 Å². The van der Waals surface area contributed by atoms with Crippen molar-refractivity contribution in [2.45, 2.75) is 13.8 Å². The van der Waals surface area contributed by atoms with Gasteiger partial charge in [0.2, 0.25) is 11.8 Å². The van der Waals surface area contributed by atoms with E-state index in [0.29, 0.717) is 13.2 Å². The van der Waals surface area contributed by atoms with Crippen LogP contribution in [0.25, 0.3) is 6.08 Å². The summed E-state index contributed by atoms with van der Waals surface area (Å²) in [5.74, 6) is -0.484. The summed E-state index contributed by atoms with van der Waals surface area (Å²) in [5, 5.41) is 2.89. The van der Waals surface area contributed by atoms with Crippen molar-refractivity contribution in [3.05, 3.63) is 69.7 Å². The first-order valence-electron chi connectivity index (χ1n) is 8.98. The van der Waals surface area contributed by atoms with E-state index in [1.165, 1.54) is 11.0 Å². The van der Waals surface area contributed by atoms with Crippen LogP contribution in [0.1, 0.15) is 16.7 Å². The molecule has 0 aliphatic rings. The molecule has 0 atom stereocenters. The smallest absolute Gasteiger partial charge is 0.247 e. The summed E-state index contributed by atoms with van der Waals surface area (Å²) in [7, 11) is 1.57. The number of rotatable bonds is 8. The lowest BCUT2D eigenvalue weighted by Gasteiger charge is -2.21. The zero-order valence-corrected chi connectivity index (χ0v) is 18.0. The van der Waals surface area contributed by atoms with Crippen LogP contribution >= 0.6 is 15.9 Å². The summed E-state index contributed by atoms with van der Waals surface area (Å²) in [6, 6.07) is 13.4. The molecule has 0 bridgehead atoms. The van der Waals surface area contributed by atoms with Crippen molar-refractivity contribution in [2.75, 3.05) is 32.1 Å². The summed E-state index contributed by atoms with van der Waals surface area (Å²) < 4.78 is 6.02. The Morgan fingerprint density at radius 3 is 2.64 bits per heavy atom. The molecule has 2 rings (SSSR count). The lowest BCUT2D eigenvalue weighted by molar-refractivity contribution is -0.131. The average molecular weight is 445 g/mol. The van der Waals surface area contributed by atoms with Gasteiger partial charge in [-0.1, -0.05) is 40.2 Å². The van der Waals surface area contributed by atoms with Crippen molar-refractivity contribution >= 4 is 39.5 Å². The molecule has 2 amide bonds. The molecular formula is C22H25BrN2O3. The van der Waals surface area contributed by atoms with Crippen molar-refractivity contribution in [3.8, 4) is 0 Å². The molecule has 2 aromatic rings. The molecule has 0 saturated carbocycles. The number of halogens is 1. The molecule has 0 aliphatic heterocycles. The number of anilines is 1. The topological polar surface area (TPSA) is 58.6 Å². The predicted octanol–water partition coefficient (Wildman–Crippen LogP) is 4.19. The number of amides is 2. The molecule has 2 aromatic carbocycles. The first-order valence-corrected chi connectivity index (χ1v) is 9.77. The lowest BCUT2D eigenvalue weighted by Crippen LogP contribution is -2.39. The number of ether oxygens (including phenoxy) is 1. The van der Waals surface area contributed by atoms with Gasteiger partial charge in [0.1, 0.15) is 6.54 Å². The van der Waals surface area contributed by atoms with Gasteiger partial charge >= 0.3 is 0 Å². The van der Waals surface area contributed by atoms with E-state index >= 15 is 0 Å². The summed E-state index contributed by atoms with van der Waals surface area (Å²) >= 11 is 3.41. The second-order valence-electron chi connectivity index (χ2n) is 6.44. The highest BCUT2D eigenvalue weighted by Gasteiger charge is 2.16. The molecule has 0 spiro atoms. The molecule has 148 valence electrons. The molecule has 1 N–H and O–H groups in total. The molecule has 5 nitrogen and oxygen atoms in total. The number of carbonyl (C=O) groups is 2. The monoisotopic (exact) mass is 444 g/mol. The van der Waals surface area contributed by atoms with Gasteiger partial charge in [-0.05, 0) is 54.8 Å². The number of nitrogens with one attached hydrogen (secondary N) is 1. The SMILES string of the molecule is COCCN(CC(=O)Nc1cccc(C)c1C)C(=O)C=Cc1cccc(Br)c1. The Morgan fingerprint density at radius 2 is 1.93 bits per heavy atom. The number of hydrogen-bond acceptors (Lipinski definition) is 3. The van der Waals surface area contributed by atoms with Gasteiger partial charge in [0, 0.05) is 29.9 Å². The van der Waals surface area contributed by atoms with Gasteiger partial charge in [0.05, 0.1) is 6.61 Å². The largest absolute Gasteiger partial charge is 0.383 e. The highest BCUT2D eigenvalue weighted by atomic mass is 79.9. The Bertz CT molecular complexity index is 865. The Morgan fingerprint density at radius 1 is 1.18 bits per heavy atom. The number of hydrogen-bond donors (Lipinski definition) is 1. The van der Waals surface area contributed by atoms with Gasteiger partial charge in [-0.15, -0.1) is 0 Å². The first kappa shape index (κ1) is 21.9. The Balaban J connectivity index is 2.06. The summed E-state index contributed by atoms with van der Waals surface area (Å²) in [6.07, 6.45) is 3.21.